The third-order valence-electron chi connectivity index (χ3n) is 2.95. The Kier molecular flexibility index (Phi) is 6.95. The molecule has 1 rings (SSSR count). The number of sulfonamides is 1. The van der Waals surface area contributed by atoms with E-state index in [4.69, 9.17) is 4.74 Å². The maximum atomic E-state index is 12.1. The zero-order valence-corrected chi connectivity index (χ0v) is 15.9. The molecule has 0 saturated heterocycles. The molecule has 8 nitrogen and oxygen atoms in total. The van der Waals surface area contributed by atoms with Gasteiger partial charge in [-0.2, -0.15) is 0 Å². The third-order valence-corrected chi connectivity index (χ3v) is 4.76. The van der Waals surface area contributed by atoms with Crippen LogP contribution in [0.1, 0.15) is 31.1 Å². The summed E-state index contributed by atoms with van der Waals surface area (Å²) in [6.07, 6.45) is -0.569. The molecule has 0 atom stereocenters. The first-order valence-corrected chi connectivity index (χ1v) is 9.15. The second-order valence-electron chi connectivity index (χ2n) is 6.50. The summed E-state index contributed by atoms with van der Waals surface area (Å²) in [7, 11) is -0.765. The molecule has 2 amide bonds. The summed E-state index contributed by atoms with van der Waals surface area (Å²) in [5.41, 5.74) is -0.369. The van der Waals surface area contributed by atoms with Gasteiger partial charge in [-0.05, 0) is 39.0 Å². The molecule has 9 heteroatoms. The van der Waals surface area contributed by atoms with E-state index in [0.29, 0.717) is 0 Å². The highest BCUT2D eigenvalue weighted by Gasteiger charge is 2.19. The minimum absolute atomic E-state index is 0.0389. The maximum Gasteiger partial charge on any atom is 0.407 e. The Labute approximate surface area is 148 Å². The molecule has 25 heavy (non-hydrogen) atoms. The normalized spacial score (nSPS) is 11.9. The highest BCUT2D eigenvalue weighted by molar-refractivity contribution is 7.89. The lowest BCUT2D eigenvalue weighted by molar-refractivity contribution is 0.0526. The molecule has 0 fully saturated rings. The van der Waals surface area contributed by atoms with Crippen molar-refractivity contribution in [1.29, 1.82) is 0 Å². The van der Waals surface area contributed by atoms with Crippen LogP contribution in [0.4, 0.5) is 4.79 Å². The van der Waals surface area contributed by atoms with Crippen molar-refractivity contribution in [3.63, 3.8) is 0 Å². The molecule has 0 radical (unpaired) electrons. The lowest BCUT2D eigenvalue weighted by Crippen LogP contribution is -2.37. The predicted octanol–water partition coefficient (Wildman–Crippen LogP) is 1.19. The number of carbonyl (C=O) groups excluding carboxylic acids is 2. The van der Waals surface area contributed by atoms with Crippen LogP contribution in [0.3, 0.4) is 0 Å². The molecular formula is C16H25N3O5S. The Morgan fingerprint density at radius 3 is 2.28 bits per heavy atom. The zero-order chi connectivity index (χ0) is 19.3. The number of hydrogen-bond donors (Lipinski definition) is 2. The smallest absolute Gasteiger partial charge is 0.407 e. The van der Waals surface area contributed by atoms with E-state index in [-0.39, 0.29) is 23.5 Å². The van der Waals surface area contributed by atoms with Crippen molar-refractivity contribution in [2.24, 2.45) is 0 Å². The molecule has 1 aromatic carbocycles. The molecule has 0 aliphatic carbocycles. The van der Waals surface area contributed by atoms with Crippen LogP contribution in [0.5, 0.6) is 0 Å². The Balaban J connectivity index is 2.58. The number of rotatable bonds is 6. The van der Waals surface area contributed by atoms with E-state index in [1.54, 1.807) is 20.8 Å². The minimum Gasteiger partial charge on any atom is -0.444 e. The van der Waals surface area contributed by atoms with E-state index >= 15 is 0 Å². The van der Waals surface area contributed by atoms with Crippen molar-refractivity contribution in [2.45, 2.75) is 31.3 Å². The van der Waals surface area contributed by atoms with E-state index in [0.717, 1.165) is 4.31 Å². The highest BCUT2D eigenvalue weighted by Crippen LogP contribution is 2.14. The van der Waals surface area contributed by atoms with Crippen molar-refractivity contribution in [1.82, 2.24) is 14.9 Å². The second-order valence-corrected chi connectivity index (χ2v) is 8.65. The van der Waals surface area contributed by atoms with Gasteiger partial charge >= 0.3 is 6.09 Å². The van der Waals surface area contributed by atoms with Gasteiger partial charge < -0.3 is 15.4 Å². The van der Waals surface area contributed by atoms with Gasteiger partial charge in [0.2, 0.25) is 10.0 Å². The number of nitrogens with zero attached hydrogens (tertiary/aromatic N) is 1. The van der Waals surface area contributed by atoms with Crippen molar-refractivity contribution < 1.29 is 22.7 Å². The molecule has 2 N–H and O–H groups in total. The van der Waals surface area contributed by atoms with Gasteiger partial charge in [-0.1, -0.05) is 6.07 Å². The fourth-order valence-corrected chi connectivity index (χ4v) is 2.71. The van der Waals surface area contributed by atoms with Gasteiger partial charge in [-0.3, -0.25) is 4.79 Å². The van der Waals surface area contributed by atoms with Crippen LogP contribution in [0, 0.1) is 0 Å². The molecule has 140 valence electrons. The fraction of sp³-hybridized carbons (Fsp3) is 0.500. The average molecular weight is 371 g/mol. The predicted molar refractivity (Wildman–Crippen MR) is 93.9 cm³/mol. The van der Waals surface area contributed by atoms with Crippen molar-refractivity contribution in [3.05, 3.63) is 29.8 Å². The Morgan fingerprint density at radius 1 is 1.12 bits per heavy atom. The maximum absolute atomic E-state index is 12.1. The largest absolute Gasteiger partial charge is 0.444 e. The van der Waals surface area contributed by atoms with Crippen LogP contribution in [-0.2, 0) is 14.8 Å². The molecule has 0 heterocycles. The summed E-state index contributed by atoms with van der Waals surface area (Å²) in [6, 6.07) is 5.76. The summed E-state index contributed by atoms with van der Waals surface area (Å²) in [4.78, 5) is 23.6. The SMILES string of the molecule is CN(C)S(=O)(=O)c1cccc(C(=O)NCCNC(=O)OC(C)(C)C)c1. The monoisotopic (exact) mass is 371 g/mol. The average Bonchev–Trinajstić information content (AvgIpc) is 2.49. The number of alkyl carbamates (subject to hydrolysis) is 1. The molecule has 0 aliphatic heterocycles. The van der Waals surface area contributed by atoms with Crippen LogP contribution in [-0.4, -0.2) is 57.5 Å². The van der Waals surface area contributed by atoms with E-state index in [9.17, 15) is 18.0 Å². The lowest BCUT2D eigenvalue weighted by atomic mass is 10.2. The van der Waals surface area contributed by atoms with Crippen LogP contribution in [0.2, 0.25) is 0 Å². The van der Waals surface area contributed by atoms with Gasteiger partial charge in [0.15, 0.2) is 0 Å². The Morgan fingerprint density at radius 2 is 1.72 bits per heavy atom. The molecule has 0 aromatic heterocycles. The quantitative estimate of drug-likeness (QED) is 0.731. The summed E-state index contributed by atoms with van der Waals surface area (Å²) >= 11 is 0. The van der Waals surface area contributed by atoms with E-state index in [1.165, 1.54) is 38.4 Å². The van der Waals surface area contributed by atoms with Crippen LogP contribution in [0.25, 0.3) is 0 Å². The molecule has 0 saturated carbocycles. The number of benzene rings is 1. The van der Waals surface area contributed by atoms with E-state index < -0.39 is 27.6 Å². The van der Waals surface area contributed by atoms with Crippen molar-refractivity contribution in [3.8, 4) is 0 Å². The minimum atomic E-state index is -3.61. The third kappa shape index (κ3) is 6.71. The van der Waals surface area contributed by atoms with Gasteiger partial charge in [0.05, 0.1) is 4.90 Å². The van der Waals surface area contributed by atoms with Gasteiger partial charge in [-0.25, -0.2) is 17.5 Å². The Hall–Kier alpha value is -2.13. The number of amides is 2. The van der Waals surface area contributed by atoms with Gasteiger partial charge in [0.1, 0.15) is 5.60 Å². The number of hydrogen-bond acceptors (Lipinski definition) is 5. The molecule has 1 aromatic rings. The lowest BCUT2D eigenvalue weighted by Gasteiger charge is -2.19. The Bertz CT molecular complexity index is 724. The first-order valence-electron chi connectivity index (χ1n) is 7.71. The summed E-state index contributed by atoms with van der Waals surface area (Å²) < 4.78 is 30.3. The molecule has 0 aliphatic rings. The van der Waals surface area contributed by atoms with Gasteiger partial charge in [0, 0.05) is 32.7 Å². The first kappa shape index (κ1) is 20.9. The number of ether oxygens (including phenoxy) is 1. The number of carbonyl (C=O) groups is 2. The van der Waals surface area contributed by atoms with Crippen LogP contribution < -0.4 is 10.6 Å². The first-order chi connectivity index (χ1) is 11.4. The van der Waals surface area contributed by atoms with Crippen LogP contribution in [0.15, 0.2) is 29.2 Å². The zero-order valence-electron chi connectivity index (χ0n) is 15.1. The molecule has 0 spiro atoms. The molecule has 0 unspecified atom stereocenters. The summed E-state index contributed by atoms with van der Waals surface area (Å²) in [5.74, 6) is -0.429. The van der Waals surface area contributed by atoms with E-state index in [2.05, 4.69) is 10.6 Å². The summed E-state index contributed by atoms with van der Waals surface area (Å²) in [6.45, 7) is 5.63. The topological polar surface area (TPSA) is 105 Å². The number of nitrogens with one attached hydrogen (secondary N) is 2. The molecule has 0 bridgehead atoms. The van der Waals surface area contributed by atoms with E-state index in [1.807, 2.05) is 0 Å². The van der Waals surface area contributed by atoms with Crippen molar-refractivity contribution >= 4 is 22.0 Å². The van der Waals surface area contributed by atoms with Crippen molar-refractivity contribution in [2.75, 3.05) is 27.2 Å². The standard InChI is InChI=1S/C16H25N3O5S/c1-16(2,3)24-15(21)18-10-9-17-14(20)12-7-6-8-13(11-12)25(22,23)19(4)5/h6-8,11H,9-10H2,1-5H3,(H,17,20)(H,18,21). The highest BCUT2D eigenvalue weighted by atomic mass is 32.2. The molecular weight excluding hydrogens is 346 g/mol. The summed E-state index contributed by atoms with van der Waals surface area (Å²) in [5, 5.41) is 5.13. The van der Waals surface area contributed by atoms with Gasteiger partial charge in [-0.15, -0.1) is 0 Å². The van der Waals surface area contributed by atoms with Gasteiger partial charge in [0.25, 0.3) is 5.91 Å². The second kappa shape index (κ2) is 8.30. The fourth-order valence-electron chi connectivity index (χ4n) is 1.77. The van der Waals surface area contributed by atoms with Crippen LogP contribution >= 0.6 is 0 Å².